The molecule has 0 saturated carbocycles. The zero-order valence-corrected chi connectivity index (χ0v) is 23.8. The van der Waals surface area contributed by atoms with Crippen molar-refractivity contribution >= 4 is 28.6 Å². The molecule has 0 aliphatic carbocycles. The normalized spacial score (nSPS) is 16.4. The average molecular weight is 494 g/mol. The minimum absolute atomic E-state index is 0.868. The second-order valence-corrected chi connectivity index (χ2v) is 10.5. The van der Waals surface area contributed by atoms with Crippen molar-refractivity contribution in [3.63, 3.8) is 0 Å². The molecule has 1 aromatic heterocycles. The van der Waals surface area contributed by atoms with Crippen LogP contribution in [0.5, 0.6) is 11.5 Å². The smallest absolute Gasteiger partial charge is 0.435 e. The van der Waals surface area contributed by atoms with Crippen molar-refractivity contribution in [1.82, 2.24) is 4.48 Å². The van der Waals surface area contributed by atoms with Crippen LogP contribution < -0.4 is 20.4 Å². The summed E-state index contributed by atoms with van der Waals surface area (Å²) in [5.41, 5.74) is 15.0. The number of methoxy groups -OCH3 is 2. The quantitative estimate of drug-likeness (QED) is 0.408. The number of hydrogen-bond acceptors (Lipinski definition) is 2. The van der Waals surface area contributed by atoms with E-state index in [2.05, 4.69) is 106 Å². The molecule has 0 N–H and O–H groups in total. The Labute approximate surface area is 221 Å². The Kier molecular flexibility index (Phi) is 6.22. The van der Waals surface area contributed by atoms with Crippen LogP contribution in [0.1, 0.15) is 63.6 Å². The van der Waals surface area contributed by atoms with E-state index < -0.39 is 6.42 Å². The summed E-state index contributed by atoms with van der Waals surface area (Å²) >= 11 is 0. The third-order valence-corrected chi connectivity index (χ3v) is 9.02. The van der Waals surface area contributed by atoms with Crippen LogP contribution in [-0.4, -0.2) is 35.3 Å². The van der Waals surface area contributed by atoms with Crippen molar-refractivity contribution in [1.29, 1.82) is 0 Å². The maximum absolute atomic E-state index is 5.58. The van der Waals surface area contributed by atoms with E-state index in [0.717, 1.165) is 24.3 Å². The van der Waals surface area contributed by atoms with Gasteiger partial charge in [-0.1, -0.05) is 38.1 Å². The first-order valence-corrected chi connectivity index (χ1v) is 13.5. The fourth-order valence-corrected chi connectivity index (χ4v) is 7.48. The molecule has 4 nitrogen and oxygen atoms in total. The molecule has 37 heavy (non-hydrogen) atoms. The van der Waals surface area contributed by atoms with Crippen molar-refractivity contribution in [2.24, 2.45) is 0 Å². The molecule has 3 heterocycles. The highest BCUT2D eigenvalue weighted by Crippen LogP contribution is 2.44. The van der Waals surface area contributed by atoms with E-state index in [9.17, 15) is 0 Å². The van der Waals surface area contributed by atoms with E-state index in [1.54, 1.807) is 14.2 Å². The molecule has 0 radical (unpaired) electrons. The van der Waals surface area contributed by atoms with E-state index in [4.69, 9.17) is 9.47 Å². The lowest BCUT2D eigenvalue weighted by molar-refractivity contribution is -0.330. The SMILES string of the molecule is CCC1=C(C)C2=C(C)c3c(C)c(CC)c(C)n3[B-](c3ccc(OC)cc3)(c3ccc(OC)cc3)[N+]2=C1C. The van der Waals surface area contributed by atoms with Crippen LogP contribution in [0.4, 0.5) is 0 Å². The average Bonchev–Trinajstić information content (AvgIpc) is 3.34. The lowest BCUT2D eigenvalue weighted by Gasteiger charge is -2.46. The van der Waals surface area contributed by atoms with Crippen molar-refractivity contribution in [3.8, 4) is 11.5 Å². The van der Waals surface area contributed by atoms with Crippen molar-refractivity contribution in [2.75, 3.05) is 14.2 Å². The third kappa shape index (κ3) is 3.26. The second-order valence-electron chi connectivity index (χ2n) is 10.5. The number of hydrogen-bond donors (Lipinski definition) is 0. The molecule has 0 bridgehead atoms. The second kappa shape index (κ2) is 9.13. The highest BCUT2D eigenvalue weighted by atomic mass is 16.5. The molecular weight excluding hydrogens is 455 g/mol. The molecule has 2 aliphatic heterocycles. The molecule has 0 atom stereocenters. The van der Waals surface area contributed by atoms with Gasteiger partial charge < -0.3 is 18.4 Å². The highest BCUT2D eigenvalue weighted by Gasteiger charge is 2.54. The zero-order valence-electron chi connectivity index (χ0n) is 23.8. The molecule has 2 aliphatic rings. The molecule has 0 fully saturated rings. The lowest BCUT2D eigenvalue weighted by atomic mass is 9.35. The van der Waals surface area contributed by atoms with Crippen LogP contribution in [-0.2, 0) is 6.42 Å². The van der Waals surface area contributed by atoms with Gasteiger partial charge in [-0.2, -0.15) is 0 Å². The van der Waals surface area contributed by atoms with Crippen LogP contribution in [0.15, 0.2) is 65.4 Å². The van der Waals surface area contributed by atoms with Gasteiger partial charge in [0.15, 0.2) is 5.70 Å². The first-order valence-electron chi connectivity index (χ1n) is 13.5. The predicted molar refractivity (Wildman–Crippen MR) is 156 cm³/mol. The Morgan fingerprint density at radius 1 is 0.730 bits per heavy atom. The Balaban J connectivity index is 2.03. The van der Waals surface area contributed by atoms with Crippen LogP contribution >= 0.6 is 0 Å². The lowest BCUT2D eigenvalue weighted by Crippen LogP contribution is -2.73. The Hall–Kier alpha value is -3.47. The Morgan fingerprint density at radius 2 is 1.24 bits per heavy atom. The van der Waals surface area contributed by atoms with Crippen LogP contribution in [0, 0.1) is 13.8 Å². The van der Waals surface area contributed by atoms with Crippen molar-refractivity contribution < 1.29 is 14.0 Å². The molecular formula is C32H39BN2O2. The van der Waals surface area contributed by atoms with E-state index in [1.807, 2.05) is 0 Å². The summed E-state index contributed by atoms with van der Waals surface area (Å²) < 4.78 is 16.5. The standard InChI is InChI=1S/C32H39BN2O2/c1-10-29-20(3)31-22(5)32-21(4)30(11-2)24(7)35(32)33(34(31)23(29)6,25-12-16-27(36-8)17-13-25)26-14-18-28(37-9)19-15-26/h12-19H,10-11H2,1-9H3. The highest BCUT2D eigenvalue weighted by molar-refractivity contribution is 6.96. The fourth-order valence-electron chi connectivity index (χ4n) is 7.48. The monoisotopic (exact) mass is 494 g/mol. The van der Waals surface area contributed by atoms with Gasteiger partial charge in [-0.3, -0.25) is 0 Å². The van der Waals surface area contributed by atoms with Gasteiger partial charge in [0, 0.05) is 29.3 Å². The largest absolute Gasteiger partial charge is 0.497 e. The maximum atomic E-state index is 5.58. The first-order chi connectivity index (χ1) is 17.8. The minimum atomic E-state index is -1.61. The van der Waals surface area contributed by atoms with E-state index in [1.165, 1.54) is 61.6 Å². The zero-order chi connectivity index (χ0) is 26.6. The van der Waals surface area contributed by atoms with Gasteiger partial charge in [0.2, 0.25) is 0 Å². The number of nitrogens with zero attached hydrogens (tertiary/aromatic N) is 2. The molecule has 3 aromatic rings. The number of fused-ring (bicyclic) bond motifs is 2. The molecule has 5 rings (SSSR count). The van der Waals surface area contributed by atoms with Crippen LogP contribution in [0.25, 0.3) is 5.57 Å². The summed E-state index contributed by atoms with van der Waals surface area (Å²) in [6.07, 6.45) is 0.413. The summed E-state index contributed by atoms with van der Waals surface area (Å²) in [5, 5.41) is 0. The van der Waals surface area contributed by atoms with Gasteiger partial charge in [0.05, 0.1) is 14.2 Å². The summed E-state index contributed by atoms with van der Waals surface area (Å²) in [7, 11) is 3.46. The molecule has 0 saturated heterocycles. The van der Waals surface area contributed by atoms with Crippen LogP contribution in [0.2, 0.25) is 0 Å². The Morgan fingerprint density at radius 3 is 1.68 bits per heavy atom. The van der Waals surface area contributed by atoms with Gasteiger partial charge in [-0.15, -0.1) is 10.9 Å². The number of aromatic nitrogens is 1. The van der Waals surface area contributed by atoms with Crippen molar-refractivity contribution in [3.05, 3.63) is 87.9 Å². The number of rotatable bonds is 6. The number of allylic oxidation sites excluding steroid dienone is 3. The number of benzene rings is 2. The topological polar surface area (TPSA) is 26.4 Å². The molecule has 0 spiro atoms. The summed E-state index contributed by atoms with van der Waals surface area (Å²) in [6.45, 7) is 16.1. The summed E-state index contributed by atoms with van der Waals surface area (Å²) in [4.78, 5) is 0. The maximum Gasteiger partial charge on any atom is 0.435 e. The van der Waals surface area contributed by atoms with E-state index >= 15 is 0 Å². The van der Waals surface area contributed by atoms with Gasteiger partial charge in [-0.05, 0) is 81.6 Å². The molecule has 0 amide bonds. The predicted octanol–water partition coefficient (Wildman–Crippen LogP) is 5.75. The van der Waals surface area contributed by atoms with Gasteiger partial charge in [0.1, 0.15) is 17.2 Å². The fraction of sp³-hybridized carbons (Fsp3) is 0.344. The first kappa shape index (κ1) is 25.2. The minimum Gasteiger partial charge on any atom is -0.497 e. The third-order valence-electron chi connectivity index (χ3n) is 9.02. The number of ether oxygens (including phenoxy) is 2. The van der Waals surface area contributed by atoms with Gasteiger partial charge in [0.25, 0.3) is 0 Å². The van der Waals surface area contributed by atoms with E-state index in [-0.39, 0.29) is 0 Å². The molecule has 5 heteroatoms. The molecule has 2 aromatic carbocycles. The van der Waals surface area contributed by atoms with Crippen molar-refractivity contribution in [2.45, 2.75) is 61.3 Å². The van der Waals surface area contributed by atoms with E-state index in [0.29, 0.717) is 0 Å². The molecule has 0 unspecified atom stereocenters. The summed E-state index contributed by atoms with van der Waals surface area (Å²) in [5.74, 6) is 1.74. The Bertz CT molecular complexity index is 1440. The summed E-state index contributed by atoms with van der Waals surface area (Å²) in [6, 6.07) is 17.5. The van der Waals surface area contributed by atoms with Gasteiger partial charge in [-0.25, -0.2) is 0 Å². The van der Waals surface area contributed by atoms with Crippen LogP contribution in [0.3, 0.4) is 0 Å². The molecule has 192 valence electrons. The van der Waals surface area contributed by atoms with Gasteiger partial charge >= 0.3 is 6.42 Å².